The minimum absolute atomic E-state index is 0.160. The van der Waals surface area contributed by atoms with Gasteiger partial charge in [-0.05, 0) is 34.9 Å². The molecule has 0 spiro atoms. The molecule has 3 rings (SSSR count). The third-order valence-corrected chi connectivity index (χ3v) is 4.24. The molecular weight excluding hydrogens is 326 g/mol. The van der Waals surface area contributed by atoms with Crippen LogP contribution in [0.15, 0.2) is 54.7 Å². The maximum Gasteiger partial charge on any atom is 0.274 e. The Bertz CT molecular complexity index is 970. The highest BCUT2D eigenvalue weighted by molar-refractivity contribution is 7.87. The summed E-state index contributed by atoms with van der Waals surface area (Å²) in [7, 11) is -2.07. The van der Waals surface area contributed by atoms with Gasteiger partial charge in [0.1, 0.15) is 5.75 Å². The van der Waals surface area contributed by atoms with E-state index in [0.717, 1.165) is 33.3 Å². The standard InChI is InChI=1S/C17H17N3O3S/c1-23-14-6-7-16-15(8-9-19-17(16)10-14)13-4-2-12(3-5-13)11-20-24(18,21)22/h2-10,20H,11H2,1H3,(H2,18,21,22). The van der Waals surface area contributed by atoms with Crippen molar-refractivity contribution in [3.63, 3.8) is 0 Å². The van der Waals surface area contributed by atoms with Gasteiger partial charge in [0.2, 0.25) is 0 Å². The summed E-state index contributed by atoms with van der Waals surface area (Å²) in [6.07, 6.45) is 1.76. The van der Waals surface area contributed by atoms with E-state index in [9.17, 15) is 8.42 Å². The van der Waals surface area contributed by atoms with E-state index in [2.05, 4.69) is 9.71 Å². The van der Waals surface area contributed by atoms with Crippen molar-refractivity contribution in [2.45, 2.75) is 6.54 Å². The number of benzene rings is 2. The van der Waals surface area contributed by atoms with Gasteiger partial charge in [0.05, 0.1) is 12.6 Å². The number of ether oxygens (including phenoxy) is 1. The summed E-state index contributed by atoms with van der Waals surface area (Å²) in [5.41, 5.74) is 3.75. The fourth-order valence-electron chi connectivity index (χ4n) is 2.49. The molecule has 0 saturated heterocycles. The topological polar surface area (TPSA) is 94.3 Å². The molecule has 3 aromatic rings. The molecule has 7 heteroatoms. The van der Waals surface area contributed by atoms with E-state index in [4.69, 9.17) is 9.88 Å². The molecule has 124 valence electrons. The quantitative estimate of drug-likeness (QED) is 0.742. The van der Waals surface area contributed by atoms with Crippen molar-refractivity contribution in [1.82, 2.24) is 9.71 Å². The van der Waals surface area contributed by atoms with Gasteiger partial charge >= 0.3 is 0 Å². The van der Waals surface area contributed by atoms with Crippen LogP contribution in [0.25, 0.3) is 22.0 Å². The minimum atomic E-state index is -3.69. The Morgan fingerprint density at radius 3 is 2.54 bits per heavy atom. The van der Waals surface area contributed by atoms with Crippen molar-refractivity contribution in [2.24, 2.45) is 5.14 Å². The number of hydrogen-bond acceptors (Lipinski definition) is 4. The van der Waals surface area contributed by atoms with Crippen LogP contribution in [-0.4, -0.2) is 20.5 Å². The molecule has 1 aromatic heterocycles. The van der Waals surface area contributed by atoms with E-state index in [1.165, 1.54) is 0 Å². The summed E-state index contributed by atoms with van der Waals surface area (Å²) < 4.78 is 29.4. The molecule has 0 amide bonds. The van der Waals surface area contributed by atoms with Gasteiger partial charge in [-0.3, -0.25) is 4.98 Å². The average Bonchev–Trinajstić information content (AvgIpc) is 2.59. The van der Waals surface area contributed by atoms with Gasteiger partial charge < -0.3 is 4.74 Å². The monoisotopic (exact) mass is 343 g/mol. The number of nitrogens with two attached hydrogens (primary N) is 1. The van der Waals surface area contributed by atoms with Crippen LogP contribution in [-0.2, 0) is 16.8 Å². The fraction of sp³-hybridized carbons (Fsp3) is 0.118. The number of methoxy groups -OCH3 is 1. The van der Waals surface area contributed by atoms with E-state index >= 15 is 0 Å². The summed E-state index contributed by atoms with van der Waals surface area (Å²) in [5.74, 6) is 0.761. The van der Waals surface area contributed by atoms with Crippen LogP contribution in [0.5, 0.6) is 5.75 Å². The molecule has 1 heterocycles. The molecule has 6 nitrogen and oxygen atoms in total. The van der Waals surface area contributed by atoms with Crippen molar-refractivity contribution in [2.75, 3.05) is 7.11 Å². The maximum atomic E-state index is 10.9. The van der Waals surface area contributed by atoms with Gasteiger partial charge in [0.25, 0.3) is 10.2 Å². The average molecular weight is 343 g/mol. The third-order valence-electron chi connectivity index (χ3n) is 3.69. The molecule has 0 aliphatic carbocycles. The normalized spacial score (nSPS) is 11.6. The molecule has 0 aliphatic heterocycles. The van der Waals surface area contributed by atoms with E-state index < -0.39 is 10.2 Å². The highest BCUT2D eigenvalue weighted by Crippen LogP contribution is 2.29. The molecule has 3 N–H and O–H groups in total. The summed E-state index contributed by atoms with van der Waals surface area (Å²) >= 11 is 0. The second-order valence-electron chi connectivity index (χ2n) is 5.30. The first-order valence-corrected chi connectivity index (χ1v) is 8.80. The van der Waals surface area contributed by atoms with E-state index in [0.29, 0.717) is 0 Å². The Morgan fingerprint density at radius 2 is 1.88 bits per heavy atom. The van der Waals surface area contributed by atoms with Gasteiger partial charge in [-0.15, -0.1) is 0 Å². The molecule has 0 atom stereocenters. The van der Waals surface area contributed by atoms with Crippen molar-refractivity contribution < 1.29 is 13.2 Å². The highest BCUT2D eigenvalue weighted by atomic mass is 32.2. The first-order valence-electron chi connectivity index (χ1n) is 7.26. The Morgan fingerprint density at radius 1 is 1.12 bits per heavy atom. The number of hydrogen-bond donors (Lipinski definition) is 2. The number of fused-ring (bicyclic) bond motifs is 1. The molecule has 0 bridgehead atoms. The van der Waals surface area contributed by atoms with Gasteiger partial charge in [-0.2, -0.15) is 13.1 Å². The molecule has 24 heavy (non-hydrogen) atoms. The molecule has 0 unspecified atom stereocenters. The van der Waals surface area contributed by atoms with Crippen LogP contribution >= 0.6 is 0 Å². The summed E-state index contributed by atoms with van der Waals surface area (Å²) in [5, 5.41) is 5.96. The second-order valence-corrected chi connectivity index (χ2v) is 6.68. The Labute approximate surface area is 140 Å². The molecule has 2 aromatic carbocycles. The first-order chi connectivity index (χ1) is 11.5. The zero-order valence-corrected chi connectivity index (χ0v) is 13.9. The molecule has 0 radical (unpaired) electrons. The van der Waals surface area contributed by atoms with Crippen LogP contribution in [0.4, 0.5) is 0 Å². The lowest BCUT2D eigenvalue weighted by Gasteiger charge is -2.09. The number of pyridine rings is 1. The first kappa shape index (κ1) is 16.4. The van der Waals surface area contributed by atoms with Crippen LogP contribution in [0.2, 0.25) is 0 Å². The van der Waals surface area contributed by atoms with E-state index in [1.54, 1.807) is 13.3 Å². The molecule has 0 saturated carbocycles. The minimum Gasteiger partial charge on any atom is -0.497 e. The van der Waals surface area contributed by atoms with Crippen molar-refractivity contribution >= 4 is 21.1 Å². The Kier molecular flexibility index (Phi) is 4.48. The predicted octanol–water partition coefficient (Wildman–Crippen LogP) is 2.20. The SMILES string of the molecule is COc1ccc2c(-c3ccc(CNS(N)(=O)=O)cc3)ccnc2c1. The summed E-state index contributed by atoms with van der Waals surface area (Å²) in [4.78, 5) is 4.38. The fourth-order valence-corrected chi connectivity index (χ4v) is 2.86. The van der Waals surface area contributed by atoms with Gasteiger partial charge in [0.15, 0.2) is 0 Å². The van der Waals surface area contributed by atoms with Crippen LogP contribution in [0.3, 0.4) is 0 Å². The highest BCUT2D eigenvalue weighted by Gasteiger charge is 2.07. The number of rotatable bonds is 5. The molecule has 0 fully saturated rings. The van der Waals surface area contributed by atoms with Gasteiger partial charge in [0, 0.05) is 24.2 Å². The second kappa shape index (κ2) is 6.56. The van der Waals surface area contributed by atoms with Gasteiger partial charge in [-0.1, -0.05) is 24.3 Å². The Hall–Kier alpha value is -2.48. The zero-order chi connectivity index (χ0) is 17.2. The number of nitrogens with one attached hydrogen (secondary N) is 1. The third kappa shape index (κ3) is 3.70. The molecule has 0 aliphatic rings. The number of nitrogens with zero attached hydrogens (tertiary/aromatic N) is 1. The predicted molar refractivity (Wildman–Crippen MR) is 93.7 cm³/mol. The summed E-state index contributed by atoms with van der Waals surface area (Å²) in [6, 6.07) is 15.3. The van der Waals surface area contributed by atoms with Crippen molar-refractivity contribution in [3.05, 3.63) is 60.3 Å². The van der Waals surface area contributed by atoms with Crippen LogP contribution in [0.1, 0.15) is 5.56 Å². The van der Waals surface area contributed by atoms with E-state index in [-0.39, 0.29) is 6.54 Å². The lowest BCUT2D eigenvalue weighted by atomic mass is 10.00. The smallest absolute Gasteiger partial charge is 0.274 e. The zero-order valence-electron chi connectivity index (χ0n) is 13.1. The van der Waals surface area contributed by atoms with Gasteiger partial charge in [-0.25, -0.2) is 5.14 Å². The Balaban J connectivity index is 1.93. The van der Waals surface area contributed by atoms with Crippen LogP contribution < -0.4 is 14.6 Å². The largest absolute Gasteiger partial charge is 0.497 e. The maximum absolute atomic E-state index is 10.9. The lowest BCUT2D eigenvalue weighted by Crippen LogP contribution is -2.30. The summed E-state index contributed by atoms with van der Waals surface area (Å²) in [6.45, 7) is 0.160. The van der Waals surface area contributed by atoms with Crippen LogP contribution in [0, 0.1) is 0 Å². The van der Waals surface area contributed by atoms with Crippen molar-refractivity contribution in [3.8, 4) is 16.9 Å². The van der Waals surface area contributed by atoms with E-state index in [1.807, 2.05) is 48.5 Å². The lowest BCUT2D eigenvalue weighted by molar-refractivity contribution is 0.415. The molecular formula is C17H17N3O3S. The number of aromatic nitrogens is 1. The van der Waals surface area contributed by atoms with Crippen molar-refractivity contribution in [1.29, 1.82) is 0 Å².